The Labute approximate surface area is 196 Å². The third-order valence-corrected chi connectivity index (χ3v) is 5.26. The maximum Gasteiger partial charge on any atom is 0.271 e. The van der Waals surface area contributed by atoms with E-state index in [0.29, 0.717) is 38.2 Å². The van der Waals surface area contributed by atoms with E-state index in [1.807, 2.05) is 19.1 Å². The van der Waals surface area contributed by atoms with Gasteiger partial charge >= 0.3 is 0 Å². The molecule has 0 atom stereocenters. The van der Waals surface area contributed by atoms with Crippen LogP contribution in [-0.4, -0.2) is 19.2 Å². The molecule has 3 aromatic rings. The highest BCUT2D eigenvalue weighted by atomic mass is 35.5. The fourth-order valence-electron chi connectivity index (χ4n) is 2.82. The topological polar surface area (TPSA) is 83.7 Å². The van der Waals surface area contributed by atoms with Crippen molar-refractivity contribution in [2.24, 2.45) is 5.10 Å². The highest BCUT2D eigenvalue weighted by molar-refractivity contribution is 6.32. The predicted molar refractivity (Wildman–Crippen MR) is 125 cm³/mol. The van der Waals surface area contributed by atoms with E-state index in [1.165, 1.54) is 13.3 Å². The molecule has 0 aliphatic heterocycles. The number of carbonyl (C=O) groups is 1. The van der Waals surface area contributed by atoms with Gasteiger partial charge in [-0.05, 0) is 48.4 Å². The predicted octanol–water partition coefficient (Wildman–Crippen LogP) is 5.53. The van der Waals surface area contributed by atoms with Crippen LogP contribution in [0.25, 0.3) is 0 Å². The van der Waals surface area contributed by atoms with Crippen molar-refractivity contribution in [3.63, 3.8) is 0 Å². The van der Waals surface area contributed by atoms with Crippen molar-refractivity contribution in [3.05, 3.63) is 92.5 Å². The first-order valence-electron chi connectivity index (χ1n) is 9.50. The first-order valence-corrected chi connectivity index (χ1v) is 10.3. The van der Waals surface area contributed by atoms with Crippen LogP contribution in [0.4, 0.5) is 0 Å². The number of methoxy groups -OCH3 is 1. The Bertz CT molecular complexity index is 1220. The lowest BCUT2D eigenvalue weighted by Crippen LogP contribution is -2.17. The van der Waals surface area contributed by atoms with E-state index in [0.717, 1.165) is 11.1 Å². The van der Waals surface area contributed by atoms with E-state index in [9.17, 15) is 10.1 Å². The maximum absolute atomic E-state index is 12.2. The highest BCUT2D eigenvalue weighted by Gasteiger charge is 2.13. The van der Waals surface area contributed by atoms with Crippen molar-refractivity contribution in [1.29, 1.82) is 5.26 Å². The van der Waals surface area contributed by atoms with Gasteiger partial charge in [0.15, 0.2) is 11.5 Å². The van der Waals surface area contributed by atoms with E-state index in [2.05, 4.69) is 16.6 Å². The number of nitriles is 1. The molecule has 0 bridgehead atoms. The van der Waals surface area contributed by atoms with Gasteiger partial charge in [-0.2, -0.15) is 10.4 Å². The summed E-state index contributed by atoms with van der Waals surface area (Å²) < 4.78 is 11.2. The zero-order chi connectivity index (χ0) is 23.1. The summed E-state index contributed by atoms with van der Waals surface area (Å²) in [6.07, 6.45) is 1.44. The number of hydrogen-bond acceptors (Lipinski definition) is 5. The number of halogens is 2. The van der Waals surface area contributed by atoms with Crippen LogP contribution in [-0.2, 0) is 6.61 Å². The van der Waals surface area contributed by atoms with Gasteiger partial charge in [0.05, 0.1) is 30.0 Å². The van der Waals surface area contributed by atoms with Crippen LogP contribution in [0.15, 0.2) is 59.7 Å². The van der Waals surface area contributed by atoms with Gasteiger partial charge in [-0.15, -0.1) is 0 Å². The van der Waals surface area contributed by atoms with Crippen LogP contribution in [0.3, 0.4) is 0 Å². The molecule has 32 heavy (non-hydrogen) atoms. The Morgan fingerprint density at radius 2 is 1.94 bits per heavy atom. The summed E-state index contributed by atoms with van der Waals surface area (Å²) in [6.45, 7) is 2.01. The smallest absolute Gasteiger partial charge is 0.271 e. The molecular formula is C24H19Cl2N3O3. The molecule has 0 aliphatic rings. The average Bonchev–Trinajstić information content (AvgIpc) is 2.79. The van der Waals surface area contributed by atoms with E-state index in [1.54, 1.807) is 42.5 Å². The van der Waals surface area contributed by atoms with Gasteiger partial charge in [0.25, 0.3) is 5.91 Å². The fraction of sp³-hybridized carbons (Fsp3) is 0.125. The minimum absolute atomic E-state index is 0.155. The summed E-state index contributed by atoms with van der Waals surface area (Å²) in [5.41, 5.74) is 5.59. The minimum atomic E-state index is -0.391. The molecule has 1 amide bonds. The second kappa shape index (κ2) is 10.7. The monoisotopic (exact) mass is 467 g/mol. The van der Waals surface area contributed by atoms with Gasteiger partial charge in [-0.1, -0.05) is 47.5 Å². The molecule has 0 unspecified atom stereocenters. The third-order valence-electron chi connectivity index (χ3n) is 4.58. The van der Waals surface area contributed by atoms with Gasteiger partial charge in [-0.25, -0.2) is 5.43 Å². The van der Waals surface area contributed by atoms with Crippen molar-refractivity contribution < 1.29 is 14.3 Å². The van der Waals surface area contributed by atoms with E-state index < -0.39 is 5.91 Å². The number of benzene rings is 3. The molecule has 0 aromatic heterocycles. The molecule has 162 valence electrons. The largest absolute Gasteiger partial charge is 0.493 e. The number of amides is 1. The molecule has 3 aromatic carbocycles. The molecule has 3 rings (SSSR count). The van der Waals surface area contributed by atoms with Gasteiger partial charge in [-0.3, -0.25) is 4.79 Å². The summed E-state index contributed by atoms with van der Waals surface area (Å²) in [4.78, 5) is 12.2. The van der Waals surface area contributed by atoms with Gasteiger partial charge in [0.2, 0.25) is 0 Å². The summed E-state index contributed by atoms with van der Waals surface area (Å²) in [5.74, 6) is 0.347. The number of nitrogens with one attached hydrogen (secondary N) is 1. The zero-order valence-corrected chi connectivity index (χ0v) is 18.9. The third kappa shape index (κ3) is 5.58. The number of carbonyl (C=O) groups excluding carboxylic acids is 1. The summed E-state index contributed by atoms with van der Waals surface area (Å²) in [6, 6.07) is 17.6. The lowest BCUT2D eigenvalue weighted by atomic mass is 10.1. The second-order valence-corrected chi connectivity index (χ2v) is 7.57. The molecular weight excluding hydrogens is 449 g/mol. The first-order chi connectivity index (χ1) is 15.4. The van der Waals surface area contributed by atoms with E-state index in [-0.39, 0.29) is 6.61 Å². The Morgan fingerprint density at radius 1 is 1.16 bits per heavy atom. The summed E-state index contributed by atoms with van der Waals surface area (Å²) >= 11 is 12.4. The van der Waals surface area contributed by atoms with Crippen LogP contribution in [0.2, 0.25) is 10.0 Å². The molecule has 0 fully saturated rings. The summed E-state index contributed by atoms with van der Waals surface area (Å²) in [7, 11) is 1.49. The molecule has 6 nitrogen and oxygen atoms in total. The van der Waals surface area contributed by atoms with Crippen LogP contribution in [0, 0.1) is 18.3 Å². The van der Waals surface area contributed by atoms with Crippen molar-refractivity contribution in [3.8, 4) is 17.6 Å². The van der Waals surface area contributed by atoms with Crippen molar-refractivity contribution in [2.75, 3.05) is 7.11 Å². The molecule has 0 saturated heterocycles. The number of nitrogens with zero attached hydrogens (tertiary/aromatic N) is 2. The second-order valence-electron chi connectivity index (χ2n) is 6.75. The van der Waals surface area contributed by atoms with Crippen LogP contribution >= 0.6 is 23.2 Å². The molecule has 0 radical (unpaired) electrons. The molecule has 8 heteroatoms. The van der Waals surface area contributed by atoms with Crippen LogP contribution in [0.5, 0.6) is 11.5 Å². The zero-order valence-electron chi connectivity index (χ0n) is 17.4. The first kappa shape index (κ1) is 23.1. The van der Waals surface area contributed by atoms with E-state index in [4.69, 9.17) is 32.7 Å². The molecule has 0 saturated carbocycles. The Morgan fingerprint density at radius 3 is 2.66 bits per heavy atom. The van der Waals surface area contributed by atoms with Crippen molar-refractivity contribution in [1.82, 2.24) is 5.43 Å². The SMILES string of the molecule is COc1cc(/C=N\NC(=O)c2ccc(C)c(Cl)c2)cc(Cl)c1OCc1ccccc1C#N. The summed E-state index contributed by atoms with van der Waals surface area (Å²) in [5, 5.41) is 14.0. The number of hydrazone groups is 1. The number of hydrogen-bond donors (Lipinski definition) is 1. The number of aryl methyl sites for hydroxylation is 1. The average molecular weight is 468 g/mol. The normalized spacial score (nSPS) is 10.6. The maximum atomic E-state index is 12.2. The van der Waals surface area contributed by atoms with Gasteiger partial charge in [0, 0.05) is 16.1 Å². The highest BCUT2D eigenvalue weighted by Crippen LogP contribution is 2.36. The minimum Gasteiger partial charge on any atom is -0.493 e. The van der Waals surface area contributed by atoms with Gasteiger partial charge in [0.1, 0.15) is 6.61 Å². The van der Waals surface area contributed by atoms with E-state index >= 15 is 0 Å². The van der Waals surface area contributed by atoms with Gasteiger partial charge < -0.3 is 9.47 Å². The van der Waals surface area contributed by atoms with Crippen molar-refractivity contribution in [2.45, 2.75) is 13.5 Å². The lowest BCUT2D eigenvalue weighted by molar-refractivity contribution is 0.0955. The molecule has 0 aliphatic carbocycles. The van der Waals surface area contributed by atoms with Crippen molar-refractivity contribution >= 4 is 35.3 Å². The fourth-order valence-corrected chi connectivity index (χ4v) is 3.28. The Hall–Kier alpha value is -3.53. The number of rotatable bonds is 7. The molecule has 1 N–H and O–H groups in total. The van der Waals surface area contributed by atoms with Crippen LogP contribution in [0.1, 0.15) is 32.6 Å². The standard InChI is InChI=1S/C24H19Cl2N3O3/c1-15-7-8-17(11-20(15)25)24(30)29-28-13-16-9-21(26)23(22(10-16)31-2)32-14-19-6-4-3-5-18(19)12-27/h3-11,13H,14H2,1-2H3,(H,29,30)/b28-13-. The Balaban J connectivity index is 1.72. The Kier molecular flexibility index (Phi) is 7.72. The molecule has 0 spiro atoms. The quantitative estimate of drug-likeness (QED) is 0.365. The number of ether oxygens (including phenoxy) is 2. The molecule has 0 heterocycles. The lowest BCUT2D eigenvalue weighted by Gasteiger charge is -2.14. The van der Waals surface area contributed by atoms with Crippen LogP contribution < -0.4 is 14.9 Å².